The molecule has 0 aromatic heterocycles. The van der Waals surface area contributed by atoms with Crippen molar-refractivity contribution in [2.75, 3.05) is 6.61 Å². The first-order chi connectivity index (χ1) is 7.70. The first-order valence-electron chi connectivity index (χ1n) is 6.78. The molecule has 3 nitrogen and oxygen atoms in total. The SMILES string of the molecule is CC1CC(C)CC(C(NN)C2CCCO2)C1. The van der Waals surface area contributed by atoms with E-state index in [4.69, 9.17) is 10.6 Å². The fourth-order valence-electron chi connectivity index (χ4n) is 3.74. The Morgan fingerprint density at radius 3 is 2.38 bits per heavy atom. The average Bonchev–Trinajstić information content (AvgIpc) is 2.70. The Labute approximate surface area is 99.1 Å². The van der Waals surface area contributed by atoms with Crippen LogP contribution in [0.25, 0.3) is 0 Å². The number of hydrazine groups is 1. The molecule has 1 aliphatic heterocycles. The largest absolute Gasteiger partial charge is 0.377 e. The van der Waals surface area contributed by atoms with Crippen LogP contribution in [0.15, 0.2) is 0 Å². The van der Waals surface area contributed by atoms with Gasteiger partial charge in [0.05, 0.1) is 12.1 Å². The van der Waals surface area contributed by atoms with Gasteiger partial charge in [-0.1, -0.05) is 13.8 Å². The van der Waals surface area contributed by atoms with Crippen molar-refractivity contribution < 1.29 is 4.74 Å². The number of ether oxygens (including phenoxy) is 1. The molecule has 0 spiro atoms. The van der Waals surface area contributed by atoms with Gasteiger partial charge in [0.2, 0.25) is 0 Å². The molecule has 4 unspecified atom stereocenters. The lowest BCUT2D eigenvalue weighted by Gasteiger charge is -2.38. The quantitative estimate of drug-likeness (QED) is 0.572. The van der Waals surface area contributed by atoms with Crippen LogP contribution in [0.1, 0.15) is 46.0 Å². The third-order valence-electron chi connectivity index (χ3n) is 4.28. The van der Waals surface area contributed by atoms with E-state index in [-0.39, 0.29) is 0 Å². The van der Waals surface area contributed by atoms with Gasteiger partial charge in [0.25, 0.3) is 0 Å². The van der Waals surface area contributed by atoms with Crippen LogP contribution in [0.4, 0.5) is 0 Å². The molecule has 16 heavy (non-hydrogen) atoms. The zero-order valence-corrected chi connectivity index (χ0v) is 10.6. The normalized spacial score (nSPS) is 42.2. The van der Waals surface area contributed by atoms with E-state index < -0.39 is 0 Å². The molecule has 1 heterocycles. The Morgan fingerprint density at radius 2 is 1.88 bits per heavy atom. The summed E-state index contributed by atoms with van der Waals surface area (Å²) in [4.78, 5) is 0. The van der Waals surface area contributed by atoms with Crippen molar-refractivity contribution in [1.29, 1.82) is 0 Å². The number of nitrogens with two attached hydrogens (primary N) is 1. The minimum atomic E-state index is 0.354. The lowest BCUT2D eigenvalue weighted by molar-refractivity contribution is 0.0378. The maximum absolute atomic E-state index is 5.79. The number of rotatable bonds is 3. The fraction of sp³-hybridized carbons (Fsp3) is 1.00. The van der Waals surface area contributed by atoms with E-state index in [0.29, 0.717) is 18.1 Å². The third kappa shape index (κ3) is 2.76. The van der Waals surface area contributed by atoms with Gasteiger partial charge in [0.1, 0.15) is 0 Å². The molecular formula is C13H26N2O. The van der Waals surface area contributed by atoms with Crippen LogP contribution in [0.5, 0.6) is 0 Å². The highest BCUT2D eigenvalue weighted by molar-refractivity contribution is 4.89. The van der Waals surface area contributed by atoms with Gasteiger partial charge in [-0.15, -0.1) is 0 Å². The minimum Gasteiger partial charge on any atom is -0.377 e. The first-order valence-corrected chi connectivity index (χ1v) is 6.78. The first kappa shape index (κ1) is 12.3. The summed E-state index contributed by atoms with van der Waals surface area (Å²) in [7, 11) is 0. The van der Waals surface area contributed by atoms with Crippen molar-refractivity contribution >= 4 is 0 Å². The van der Waals surface area contributed by atoms with Gasteiger partial charge in [-0.25, -0.2) is 0 Å². The number of nitrogens with one attached hydrogen (secondary N) is 1. The molecule has 3 heteroatoms. The highest BCUT2D eigenvalue weighted by atomic mass is 16.5. The summed E-state index contributed by atoms with van der Waals surface area (Å²) in [6, 6.07) is 0.368. The van der Waals surface area contributed by atoms with Crippen LogP contribution >= 0.6 is 0 Å². The molecule has 3 N–H and O–H groups in total. The van der Waals surface area contributed by atoms with Crippen LogP contribution in [0.2, 0.25) is 0 Å². The highest BCUT2D eigenvalue weighted by Gasteiger charge is 2.35. The second kappa shape index (κ2) is 5.48. The van der Waals surface area contributed by atoms with E-state index >= 15 is 0 Å². The van der Waals surface area contributed by atoms with Crippen molar-refractivity contribution in [2.24, 2.45) is 23.6 Å². The molecule has 2 aliphatic rings. The van der Waals surface area contributed by atoms with Gasteiger partial charge in [0.15, 0.2) is 0 Å². The second-order valence-electron chi connectivity index (χ2n) is 5.92. The molecule has 1 saturated carbocycles. The molecule has 0 aromatic carbocycles. The predicted octanol–water partition coefficient (Wildman–Crippen LogP) is 2.07. The predicted molar refractivity (Wildman–Crippen MR) is 65.8 cm³/mol. The van der Waals surface area contributed by atoms with E-state index in [1.807, 2.05) is 0 Å². The van der Waals surface area contributed by atoms with Crippen molar-refractivity contribution in [3.05, 3.63) is 0 Å². The van der Waals surface area contributed by atoms with Crippen LogP contribution < -0.4 is 11.3 Å². The maximum Gasteiger partial charge on any atom is 0.0745 e. The summed E-state index contributed by atoms with van der Waals surface area (Å²) in [5.41, 5.74) is 3.03. The summed E-state index contributed by atoms with van der Waals surface area (Å²) < 4.78 is 5.79. The van der Waals surface area contributed by atoms with E-state index in [2.05, 4.69) is 19.3 Å². The zero-order chi connectivity index (χ0) is 11.5. The van der Waals surface area contributed by atoms with Crippen molar-refractivity contribution in [3.8, 4) is 0 Å². The summed E-state index contributed by atoms with van der Waals surface area (Å²) in [5.74, 6) is 8.12. The Morgan fingerprint density at radius 1 is 1.19 bits per heavy atom. The minimum absolute atomic E-state index is 0.354. The van der Waals surface area contributed by atoms with E-state index in [0.717, 1.165) is 18.4 Å². The summed E-state index contributed by atoms with van der Waals surface area (Å²) in [6.45, 7) is 5.65. The lowest BCUT2D eigenvalue weighted by atomic mass is 9.72. The van der Waals surface area contributed by atoms with Crippen LogP contribution in [-0.4, -0.2) is 18.8 Å². The van der Waals surface area contributed by atoms with Crippen molar-refractivity contribution in [3.63, 3.8) is 0 Å². The van der Waals surface area contributed by atoms with Crippen molar-refractivity contribution in [1.82, 2.24) is 5.43 Å². The lowest BCUT2D eigenvalue weighted by Crippen LogP contribution is -2.50. The van der Waals surface area contributed by atoms with Gasteiger partial charge >= 0.3 is 0 Å². The van der Waals surface area contributed by atoms with E-state index in [1.54, 1.807) is 0 Å². The van der Waals surface area contributed by atoms with Gasteiger partial charge in [0, 0.05) is 6.61 Å². The topological polar surface area (TPSA) is 47.3 Å². The molecule has 94 valence electrons. The summed E-state index contributed by atoms with van der Waals surface area (Å²) in [6.07, 6.45) is 6.71. The zero-order valence-electron chi connectivity index (χ0n) is 10.6. The molecule has 4 atom stereocenters. The van der Waals surface area contributed by atoms with E-state index in [1.165, 1.54) is 32.1 Å². The molecular weight excluding hydrogens is 200 g/mol. The Hall–Kier alpha value is -0.120. The van der Waals surface area contributed by atoms with Gasteiger partial charge < -0.3 is 4.74 Å². The van der Waals surface area contributed by atoms with Crippen molar-refractivity contribution in [2.45, 2.75) is 58.1 Å². The highest BCUT2D eigenvalue weighted by Crippen LogP contribution is 2.36. The summed E-state index contributed by atoms with van der Waals surface area (Å²) >= 11 is 0. The Bertz CT molecular complexity index is 206. The van der Waals surface area contributed by atoms with Gasteiger partial charge in [-0.2, -0.15) is 0 Å². The molecule has 1 aliphatic carbocycles. The molecule has 1 saturated heterocycles. The maximum atomic E-state index is 5.79. The number of hydrogen-bond donors (Lipinski definition) is 2. The standard InChI is InChI=1S/C13H26N2O/c1-9-6-10(2)8-11(7-9)13(15-14)12-4-3-5-16-12/h9-13,15H,3-8,14H2,1-2H3. The monoisotopic (exact) mass is 226 g/mol. The number of hydrogen-bond acceptors (Lipinski definition) is 3. The molecule has 0 radical (unpaired) electrons. The van der Waals surface area contributed by atoms with Crippen LogP contribution in [0.3, 0.4) is 0 Å². The van der Waals surface area contributed by atoms with Gasteiger partial charge in [-0.3, -0.25) is 11.3 Å². The van der Waals surface area contributed by atoms with Gasteiger partial charge in [-0.05, 0) is 49.9 Å². The molecule has 2 fully saturated rings. The second-order valence-corrected chi connectivity index (χ2v) is 5.92. The molecule has 2 rings (SSSR count). The Balaban J connectivity index is 1.96. The molecule has 0 bridgehead atoms. The van der Waals surface area contributed by atoms with Crippen LogP contribution in [-0.2, 0) is 4.74 Å². The average molecular weight is 226 g/mol. The van der Waals surface area contributed by atoms with Crippen LogP contribution in [0, 0.1) is 17.8 Å². The fourth-order valence-corrected chi connectivity index (χ4v) is 3.74. The third-order valence-corrected chi connectivity index (χ3v) is 4.28. The van der Waals surface area contributed by atoms with E-state index in [9.17, 15) is 0 Å². The Kier molecular flexibility index (Phi) is 4.22. The smallest absolute Gasteiger partial charge is 0.0745 e. The summed E-state index contributed by atoms with van der Waals surface area (Å²) in [5, 5.41) is 0. The molecule has 0 amide bonds. The molecule has 0 aromatic rings.